The highest BCUT2D eigenvalue weighted by Crippen LogP contribution is 2.76. The zero-order valence-corrected chi connectivity index (χ0v) is 44.4. The van der Waals surface area contributed by atoms with E-state index in [9.17, 15) is 66.4 Å². The lowest BCUT2D eigenvalue weighted by atomic mass is 9.33. The van der Waals surface area contributed by atoms with Crippen LogP contribution in [0.25, 0.3) is 0 Å². The van der Waals surface area contributed by atoms with E-state index in [0.717, 1.165) is 31.3 Å². The van der Waals surface area contributed by atoms with Crippen LogP contribution in [-0.2, 0) is 42.7 Å². The molecule has 22 heteroatoms. The van der Waals surface area contributed by atoms with Crippen LogP contribution in [0.3, 0.4) is 0 Å². The van der Waals surface area contributed by atoms with Crippen molar-refractivity contribution < 1.29 is 109 Å². The molecule has 0 unspecified atom stereocenters. The predicted octanol–water partition coefficient (Wildman–Crippen LogP) is -1.40. The largest absolute Gasteiger partial charge is 0.432 e. The number of fused-ring (bicyclic) bond motifs is 7. The van der Waals surface area contributed by atoms with Crippen LogP contribution in [0.2, 0.25) is 0 Å². The van der Waals surface area contributed by atoms with Crippen LogP contribution in [0.1, 0.15) is 113 Å². The number of aliphatic hydroxyl groups is 13. The highest BCUT2D eigenvalue weighted by Gasteiger charge is 2.72. The number of aliphatic hydroxyl groups excluding tert-OH is 13. The Morgan fingerprint density at radius 2 is 1.19 bits per heavy atom. The fraction of sp³-hybridized carbons (Fsp3) is 0.943. The Kier molecular flexibility index (Phi) is 16.1. The molecule has 4 saturated carbocycles. The first-order valence-corrected chi connectivity index (χ1v) is 27.2. The van der Waals surface area contributed by atoms with Crippen LogP contribution in [0.15, 0.2) is 11.6 Å². The number of allylic oxidation sites excluding steroid dienone is 2. The molecule has 0 aromatic heterocycles. The van der Waals surface area contributed by atoms with Crippen LogP contribution in [-0.4, -0.2) is 221 Å². The summed E-state index contributed by atoms with van der Waals surface area (Å²) < 4.78 is 47.0. The molecular weight excluding hydrogens is 989 g/mol. The predicted molar refractivity (Wildman–Crippen MR) is 257 cm³/mol. The van der Waals surface area contributed by atoms with Crippen molar-refractivity contribution in [2.75, 3.05) is 19.8 Å². The third-order valence-electron chi connectivity index (χ3n) is 21.0. The van der Waals surface area contributed by atoms with E-state index in [4.69, 9.17) is 37.9 Å². The smallest absolute Gasteiger partial charge is 0.317 e. The summed E-state index contributed by atoms with van der Waals surface area (Å²) in [4.78, 5) is 15.2. The van der Waals surface area contributed by atoms with E-state index >= 15 is 4.79 Å². The molecule has 430 valence electrons. The van der Waals surface area contributed by atoms with Gasteiger partial charge in [-0.25, -0.2) is 0 Å². The Morgan fingerprint density at radius 1 is 0.613 bits per heavy atom. The Hall–Kier alpha value is -1.59. The van der Waals surface area contributed by atoms with Crippen LogP contribution < -0.4 is 0 Å². The molecule has 0 radical (unpaired) electrons. The van der Waals surface area contributed by atoms with Crippen LogP contribution >= 0.6 is 0 Å². The summed E-state index contributed by atoms with van der Waals surface area (Å²) in [7, 11) is 0. The van der Waals surface area contributed by atoms with Crippen molar-refractivity contribution in [2.24, 2.45) is 50.2 Å². The van der Waals surface area contributed by atoms with Crippen molar-refractivity contribution >= 4 is 5.97 Å². The van der Waals surface area contributed by atoms with Gasteiger partial charge in [0, 0.05) is 0 Å². The first-order chi connectivity index (χ1) is 35.0. The number of rotatable bonds is 10. The second-order valence-electron chi connectivity index (χ2n) is 25.9. The SMILES string of the molecule is C[C@@H]1O[C@H](O[C@@H]2[C@@H](O)[C@H](O)[C@@H](O[C@@H]3[C@@H](O)[C@H](O)[C@@H](OC(=O)[C@@]45CCC(C)(C)C[C@H]4C4=CC[C@H]6[C@]7(C)CC[C@H](O[C@H]8OC[C@H](O)[C@@H](O)[C@@H]8O)C(C)(C)[C@@H]7CC[C@]6(C)[C@]4(C)C[C@@H]5O)O[C@H]3CO)O[C@H]2CO)[C@@H](O)[C@H](O)[C@H]1O. The van der Waals surface area contributed by atoms with Crippen molar-refractivity contribution in [3.8, 4) is 0 Å². The third-order valence-corrected chi connectivity index (χ3v) is 21.0. The van der Waals surface area contributed by atoms with Crippen LogP contribution in [0.5, 0.6) is 0 Å². The second kappa shape index (κ2) is 20.7. The molecule has 0 aromatic carbocycles. The first-order valence-electron chi connectivity index (χ1n) is 27.2. The minimum absolute atomic E-state index is 0.148. The molecule has 9 aliphatic rings. The topological polar surface area (TPSA) is 354 Å². The summed E-state index contributed by atoms with van der Waals surface area (Å²) in [5.74, 6) is -0.921. The molecule has 8 fully saturated rings. The molecule has 28 atom stereocenters. The summed E-state index contributed by atoms with van der Waals surface area (Å²) in [6.07, 6.45) is -24.1. The number of ether oxygens (including phenoxy) is 8. The van der Waals surface area contributed by atoms with Gasteiger partial charge in [-0.15, -0.1) is 0 Å². The summed E-state index contributed by atoms with van der Waals surface area (Å²) >= 11 is 0. The van der Waals surface area contributed by atoms with Gasteiger partial charge >= 0.3 is 5.97 Å². The molecule has 0 spiro atoms. The Labute approximate surface area is 437 Å². The maximum absolute atomic E-state index is 15.2. The number of hydrogen-bond donors (Lipinski definition) is 13. The van der Waals surface area contributed by atoms with Gasteiger partial charge in [-0.1, -0.05) is 60.1 Å². The molecule has 0 bridgehead atoms. The highest BCUT2D eigenvalue weighted by atomic mass is 16.8. The molecule has 13 N–H and O–H groups in total. The highest BCUT2D eigenvalue weighted by molar-refractivity contribution is 5.80. The second-order valence-corrected chi connectivity index (χ2v) is 25.9. The van der Waals surface area contributed by atoms with E-state index in [1.165, 1.54) is 6.92 Å². The Bertz CT molecular complexity index is 2070. The van der Waals surface area contributed by atoms with Crippen molar-refractivity contribution in [1.82, 2.24) is 0 Å². The minimum Gasteiger partial charge on any atom is -0.432 e. The van der Waals surface area contributed by atoms with Gasteiger partial charge in [0.2, 0.25) is 6.29 Å². The summed E-state index contributed by atoms with van der Waals surface area (Å²) in [6, 6.07) is 0. The van der Waals surface area contributed by atoms with Crippen LogP contribution in [0.4, 0.5) is 0 Å². The number of esters is 1. The molecule has 9 rings (SSSR count). The lowest BCUT2D eigenvalue weighted by Crippen LogP contribution is -2.68. The van der Waals surface area contributed by atoms with Gasteiger partial charge in [-0.3, -0.25) is 4.79 Å². The molecule has 4 heterocycles. The summed E-state index contributed by atoms with van der Waals surface area (Å²) in [5, 5.41) is 141. The van der Waals surface area contributed by atoms with Crippen molar-refractivity contribution in [1.29, 1.82) is 0 Å². The minimum atomic E-state index is -2.00. The van der Waals surface area contributed by atoms with E-state index in [1.54, 1.807) is 0 Å². The van der Waals surface area contributed by atoms with Gasteiger partial charge in [0.05, 0.1) is 38.1 Å². The summed E-state index contributed by atoms with van der Waals surface area (Å²) in [5.41, 5.74) is -2.03. The van der Waals surface area contributed by atoms with Crippen molar-refractivity contribution in [3.63, 3.8) is 0 Å². The van der Waals surface area contributed by atoms with Crippen molar-refractivity contribution in [3.05, 3.63) is 11.6 Å². The molecule has 75 heavy (non-hydrogen) atoms. The van der Waals surface area contributed by atoms with Gasteiger partial charge in [0.15, 0.2) is 18.9 Å². The fourth-order valence-electron chi connectivity index (χ4n) is 16.3. The molecule has 0 aromatic rings. The monoisotopic (exact) mass is 1070 g/mol. The lowest BCUT2D eigenvalue weighted by Gasteiger charge is -2.71. The van der Waals surface area contributed by atoms with Gasteiger partial charge in [0.1, 0.15) is 90.9 Å². The third kappa shape index (κ3) is 9.31. The number of carbonyl (C=O) groups is 1. The quantitative estimate of drug-likeness (QED) is 0.0680. The maximum Gasteiger partial charge on any atom is 0.317 e. The normalized spacial score (nSPS) is 54.5. The number of hydrogen-bond acceptors (Lipinski definition) is 22. The standard InChI is InChI=1S/C53H86O22/c1-22-32(58)34(60)38(64)44(69-22)73-41-26(19-54)70-45(39(65)35(41)61)74-42-27(20-55)71-46(40(66)36(42)62)75-47(67)53-16-15-48(2,3)17-24(53)23-9-10-29-50(6)13-12-31(72-43-37(63)33(59)25(56)21-68-43)49(4,5)28(50)11-14-51(29,7)52(23,8)18-30(53)57/h9,22,24-46,54-66H,10-21H2,1-8H3/t22-,24-,25-,26-,27-,28-,29-,30-,31-,32-,33+,34+,35-,36-,37-,38-,39-,40-,41-,42-,43+,44+,45+,46+,50+,51-,52+,53-/m0/s1. The van der Waals surface area contributed by atoms with Gasteiger partial charge in [-0.05, 0) is 110 Å². The lowest BCUT2D eigenvalue weighted by molar-refractivity contribution is -0.377. The Balaban J connectivity index is 0.911. The average Bonchev–Trinajstić information content (AvgIpc) is 3.35. The Morgan fingerprint density at radius 3 is 1.81 bits per heavy atom. The van der Waals surface area contributed by atoms with E-state index in [-0.39, 0.29) is 59.0 Å². The van der Waals surface area contributed by atoms with E-state index in [2.05, 4.69) is 54.5 Å². The first kappa shape index (κ1) is 58.1. The fourth-order valence-corrected chi connectivity index (χ4v) is 16.3. The molecule has 22 nitrogen and oxygen atoms in total. The molecule has 0 amide bonds. The van der Waals surface area contributed by atoms with Gasteiger partial charge in [0.25, 0.3) is 0 Å². The zero-order valence-electron chi connectivity index (χ0n) is 44.4. The molecular formula is C53H86O22. The van der Waals surface area contributed by atoms with Gasteiger partial charge in [-0.2, -0.15) is 0 Å². The number of carbonyl (C=O) groups excluding carboxylic acids is 1. The molecule has 4 aliphatic heterocycles. The van der Waals surface area contributed by atoms with Crippen molar-refractivity contribution in [2.45, 2.75) is 242 Å². The average molecular weight is 1080 g/mol. The van der Waals surface area contributed by atoms with Gasteiger partial charge < -0.3 is 104 Å². The van der Waals surface area contributed by atoms with Crippen LogP contribution in [0, 0.1) is 50.2 Å². The molecule has 4 saturated heterocycles. The summed E-state index contributed by atoms with van der Waals surface area (Å²) in [6.45, 7) is 15.2. The zero-order chi connectivity index (χ0) is 54.9. The van der Waals surface area contributed by atoms with E-state index < -0.39 is 159 Å². The van der Waals surface area contributed by atoms with E-state index in [1.807, 2.05) is 0 Å². The van der Waals surface area contributed by atoms with E-state index in [0.29, 0.717) is 19.3 Å². The maximum atomic E-state index is 15.2. The molecule has 5 aliphatic carbocycles.